The minimum absolute atomic E-state index is 0.495. The molecular formula is C10H13BrN2S. The lowest BCUT2D eigenvalue weighted by Gasteiger charge is -2.13. The highest BCUT2D eigenvalue weighted by atomic mass is 79.9. The second-order valence-corrected chi connectivity index (χ2v) is 5.79. The van der Waals surface area contributed by atoms with Gasteiger partial charge in [-0.15, -0.1) is 0 Å². The third-order valence-corrected chi connectivity index (χ3v) is 4.45. The van der Waals surface area contributed by atoms with Crippen molar-refractivity contribution in [1.29, 1.82) is 0 Å². The van der Waals surface area contributed by atoms with E-state index in [1.165, 1.54) is 12.8 Å². The predicted octanol–water partition coefficient (Wildman–Crippen LogP) is 3.15. The van der Waals surface area contributed by atoms with E-state index in [1.54, 1.807) is 0 Å². The molecule has 0 spiro atoms. The number of thioether (sulfide) groups is 1. The number of hydrogen-bond acceptors (Lipinski definition) is 3. The maximum absolute atomic E-state index is 4.28. The maximum Gasteiger partial charge on any atom is 0.126 e. The summed E-state index contributed by atoms with van der Waals surface area (Å²) in [5.74, 6) is 0.966. The molecule has 0 amide bonds. The van der Waals surface area contributed by atoms with Crippen LogP contribution in [0.3, 0.4) is 0 Å². The molecule has 1 heterocycles. The molecule has 0 atom stereocenters. The van der Waals surface area contributed by atoms with Crippen molar-refractivity contribution in [1.82, 2.24) is 4.98 Å². The quantitative estimate of drug-likeness (QED) is 0.912. The lowest BCUT2D eigenvalue weighted by Crippen LogP contribution is -2.17. The Kier molecular flexibility index (Phi) is 3.02. The summed E-state index contributed by atoms with van der Waals surface area (Å²) in [6.07, 6.45) is 6.67. The molecule has 76 valence electrons. The van der Waals surface area contributed by atoms with Gasteiger partial charge in [0, 0.05) is 22.0 Å². The fourth-order valence-electron chi connectivity index (χ4n) is 1.32. The summed E-state index contributed by atoms with van der Waals surface area (Å²) in [4.78, 5) is 4.28. The number of nitrogens with zero attached hydrogens (tertiary/aromatic N) is 1. The van der Waals surface area contributed by atoms with E-state index in [0.29, 0.717) is 4.75 Å². The first kappa shape index (κ1) is 10.3. The number of anilines is 1. The van der Waals surface area contributed by atoms with Gasteiger partial charge in [-0.25, -0.2) is 4.98 Å². The Morgan fingerprint density at radius 1 is 1.57 bits per heavy atom. The van der Waals surface area contributed by atoms with Crippen LogP contribution in [0.5, 0.6) is 0 Å². The molecule has 1 aliphatic carbocycles. The molecule has 1 N–H and O–H groups in total. The van der Waals surface area contributed by atoms with Crippen LogP contribution in [0.25, 0.3) is 0 Å². The van der Waals surface area contributed by atoms with Gasteiger partial charge in [-0.05, 0) is 47.2 Å². The van der Waals surface area contributed by atoms with Crippen molar-refractivity contribution >= 4 is 33.5 Å². The highest BCUT2D eigenvalue weighted by molar-refractivity contribution is 9.10. The minimum Gasteiger partial charge on any atom is -0.369 e. The summed E-state index contributed by atoms with van der Waals surface area (Å²) < 4.78 is 1.52. The fraction of sp³-hybridized carbons (Fsp3) is 0.500. The van der Waals surface area contributed by atoms with Crippen LogP contribution < -0.4 is 5.32 Å². The van der Waals surface area contributed by atoms with E-state index in [9.17, 15) is 0 Å². The van der Waals surface area contributed by atoms with Gasteiger partial charge in [0.2, 0.25) is 0 Å². The zero-order chi connectivity index (χ0) is 10.0. The van der Waals surface area contributed by atoms with Crippen LogP contribution in [0.2, 0.25) is 0 Å². The Hall–Kier alpha value is -0.220. The highest BCUT2D eigenvalue weighted by Crippen LogP contribution is 2.46. The lowest BCUT2D eigenvalue weighted by molar-refractivity contribution is 0.940. The van der Waals surface area contributed by atoms with Crippen LogP contribution in [0, 0.1) is 0 Å². The third kappa shape index (κ3) is 2.42. The normalized spacial score (nSPS) is 17.9. The second kappa shape index (κ2) is 4.11. The molecule has 14 heavy (non-hydrogen) atoms. The summed E-state index contributed by atoms with van der Waals surface area (Å²) in [5.41, 5.74) is 0. The van der Waals surface area contributed by atoms with Crippen molar-refractivity contribution in [3.05, 3.63) is 22.8 Å². The predicted molar refractivity (Wildman–Crippen MR) is 65.9 cm³/mol. The van der Waals surface area contributed by atoms with E-state index < -0.39 is 0 Å². The highest BCUT2D eigenvalue weighted by Gasteiger charge is 2.41. The van der Waals surface area contributed by atoms with E-state index in [1.807, 2.05) is 30.1 Å². The Balaban J connectivity index is 1.89. The molecule has 0 aromatic carbocycles. The summed E-state index contributed by atoms with van der Waals surface area (Å²) in [5, 5.41) is 3.37. The number of pyridine rings is 1. The Morgan fingerprint density at radius 3 is 2.86 bits per heavy atom. The largest absolute Gasteiger partial charge is 0.369 e. The molecule has 1 aromatic heterocycles. The molecule has 0 unspecified atom stereocenters. The number of aromatic nitrogens is 1. The molecule has 0 bridgehead atoms. The van der Waals surface area contributed by atoms with E-state index in [-0.39, 0.29) is 0 Å². The lowest BCUT2D eigenvalue weighted by atomic mass is 10.4. The van der Waals surface area contributed by atoms with E-state index in [2.05, 4.69) is 32.5 Å². The van der Waals surface area contributed by atoms with Gasteiger partial charge in [-0.3, -0.25) is 0 Å². The molecule has 4 heteroatoms. The number of halogens is 1. The van der Waals surface area contributed by atoms with Gasteiger partial charge in [0.1, 0.15) is 5.82 Å². The molecule has 1 saturated carbocycles. The first-order chi connectivity index (χ1) is 6.74. The van der Waals surface area contributed by atoms with E-state index in [0.717, 1.165) is 16.8 Å². The molecule has 1 aromatic rings. The first-order valence-electron chi connectivity index (χ1n) is 4.65. The summed E-state index contributed by atoms with van der Waals surface area (Å²) in [6, 6.07) is 4.01. The Bertz CT molecular complexity index is 308. The average Bonchev–Trinajstić information content (AvgIpc) is 2.98. The smallest absolute Gasteiger partial charge is 0.126 e. The molecule has 1 fully saturated rings. The summed E-state index contributed by atoms with van der Waals surface area (Å²) in [6.45, 7) is 1.03. The van der Waals surface area contributed by atoms with Gasteiger partial charge in [0.25, 0.3) is 0 Å². The van der Waals surface area contributed by atoms with Crippen LogP contribution in [-0.2, 0) is 0 Å². The van der Waals surface area contributed by atoms with Crippen LogP contribution in [-0.4, -0.2) is 22.5 Å². The molecule has 2 rings (SSSR count). The fourth-order valence-corrected chi connectivity index (χ4v) is 2.29. The molecule has 2 nitrogen and oxygen atoms in total. The third-order valence-electron chi connectivity index (χ3n) is 2.56. The van der Waals surface area contributed by atoms with Gasteiger partial charge in [0.05, 0.1) is 0 Å². The van der Waals surface area contributed by atoms with Crippen molar-refractivity contribution in [2.24, 2.45) is 0 Å². The summed E-state index contributed by atoms with van der Waals surface area (Å²) in [7, 11) is 0. The SMILES string of the molecule is CSC1(CNc2ccc(Br)cn2)CC1. The average molecular weight is 273 g/mol. The van der Waals surface area contributed by atoms with Gasteiger partial charge in [-0.1, -0.05) is 0 Å². The molecular weight excluding hydrogens is 260 g/mol. The number of hydrogen-bond donors (Lipinski definition) is 1. The summed E-state index contributed by atoms with van der Waals surface area (Å²) >= 11 is 5.33. The van der Waals surface area contributed by atoms with Crippen LogP contribution in [0.15, 0.2) is 22.8 Å². The molecule has 0 saturated heterocycles. The monoisotopic (exact) mass is 272 g/mol. The standard InChI is InChI=1S/C10H13BrN2S/c1-14-10(4-5-10)7-13-9-3-2-8(11)6-12-9/h2-3,6H,4-5,7H2,1H3,(H,12,13). The van der Waals surface area contributed by atoms with E-state index in [4.69, 9.17) is 0 Å². The molecule has 0 aliphatic heterocycles. The topological polar surface area (TPSA) is 24.9 Å². The minimum atomic E-state index is 0.495. The van der Waals surface area contributed by atoms with Crippen LogP contribution >= 0.6 is 27.7 Å². The van der Waals surface area contributed by atoms with Crippen molar-refractivity contribution < 1.29 is 0 Å². The van der Waals surface area contributed by atoms with Crippen molar-refractivity contribution in [2.45, 2.75) is 17.6 Å². The Morgan fingerprint density at radius 2 is 2.36 bits per heavy atom. The van der Waals surface area contributed by atoms with Crippen molar-refractivity contribution in [3.63, 3.8) is 0 Å². The Labute approximate surface area is 97.0 Å². The van der Waals surface area contributed by atoms with Crippen molar-refractivity contribution in [2.75, 3.05) is 18.1 Å². The zero-order valence-corrected chi connectivity index (χ0v) is 10.5. The van der Waals surface area contributed by atoms with Gasteiger partial charge in [0.15, 0.2) is 0 Å². The maximum atomic E-state index is 4.28. The van der Waals surface area contributed by atoms with E-state index >= 15 is 0 Å². The second-order valence-electron chi connectivity index (χ2n) is 3.60. The van der Waals surface area contributed by atoms with Gasteiger partial charge < -0.3 is 5.32 Å². The number of rotatable bonds is 4. The van der Waals surface area contributed by atoms with Crippen molar-refractivity contribution in [3.8, 4) is 0 Å². The van der Waals surface area contributed by atoms with Crippen LogP contribution in [0.4, 0.5) is 5.82 Å². The van der Waals surface area contributed by atoms with Gasteiger partial charge in [-0.2, -0.15) is 11.8 Å². The van der Waals surface area contributed by atoms with Crippen LogP contribution in [0.1, 0.15) is 12.8 Å². The zero-order valence-electron chi connectivity index (χ0n) is 8.09. The first-order valence-corrected chi connectivity index (χ1v) is 6.66. The molecule has 0 radical (unpaired) electrons. The molecule has 1 aliphatic rings. The van der Waals surface area contributed by atoms with Gasteiger partial charge >= 0.3 is 0 Å². The number of nitrogens with one attached hydrogen (secondary N) is 1.